The zero-order chi connectivity index (χ0) is 19.5. The van der Waals surface area contributed by atoms with Crippen molar-refractivity contribution in [3.8, 4) is 0 Å². The molecule has 2 amide bonds. The molecular weight excluding hydrogens is 338 g/mol. The number of amides is 2. The Morgan fingerprint density at radius 3 is 2.73 bits per heavy atom. The molecule has 0 saturated carbocycles. The first-order valence-electron chi connectivity index (χ1n) is 8.57. The summed E-state index contributed by atoms with van der Waals surface area (Å²) in [5, 5.41) is 13.9. The summed E-state index contributed by atoms with van der Waals surface area (Å²) >= 11 is 0. The van der Waals surface area contributed by atoms with E-state index in [0.717, 1.165) is 25.1 Å². The molecule has 1 atom stereocenters. The maximum Gasteiger partial charge on any atom is 0.288 e. The first-order chi connectivity index (χ1) is 12.1. The molecule has 26 heavy (non-hydrogen) atoms. The number of nitrogens with one attached hydrogen (secondary N) is 1. The van der Waals surface area contributed by atoms with Crippen LogP contribution in [0.4, 0.5) is 11.5 Å². The minimum Gasteiger partial charge on any atom is -0.365 e. The van der Waals surface area contributed by atoms with Gasteiger partial charge in [-0.25, -0.2) is 4.98 Å². The molecule has 1 fully saturated rings. The lowest BCUT2D eigenvalue weighted by Gasteiger charge is -2.34. The standard InChI is InChI=1S/C17H25N5O4/c1-17(2,3)16(24)20-8-11-5-4-6-21(10-11)15-13(14(18)23)7-12(9-19-15)22(25)26/h7,9,11H,4-6,8,10H2,1-3H3,(H2,18,23)(H,20,24). The van der Waals surface area contributed by atoms with Gasteiger partial charge >= 0.3 is 0 Å². The van der Waals surface area contributed by atoms with Crippen LogP contribution in [0.2, 0.25) is 0 Å². The number of hydrogen-bond acceptors (Lipinski definition) is 6. The number of carbonyl (C=O) groups excluding carboxylic acids is 2. The van der Waals surface area contributed by atoms with Gasteiger partial charge in [0.1, 0.15) is 12.0 Å². The molecule has 1 unspecified atom stereocenters. The van der Waals surface area contributed by atoms with Gasteiger partial charge in [-0.1, -0.05) is 20.8 Å². The van der Waals surface area contributed by atoms with E-state index in [4.69, 9.17) is 5.73 Å². The van der Waals surface area contributed by atoms with Crippen LogP contribution in [-0.4, -0.2) is 41.4 Å². The second-order valence-corrected chi connectivity index (χ2v) is 7.60. The Bertz CT molecular complexity index is 714. The number of primary amides is 1. The van der Waals surface area contributed by atoms with E-state index in [-0.39, 0.29) is 23.1 Å². The first kappa shape index (κ1) is 19.6. The predicted octanol–water partition coefficient (Wildman–Crippen LogP) is 1.47. The van der Waals surface area contributed by atoms with Gasteiger partial charge in [-0.05, 0) is 18.8 Å². The topological polar surface area (TPSA) is 131 Å². The van der Waals surface area contributed by atoms with Crippen LogP contribution in [0.3, 0.4) is 0 Å². The van der Waals surface area contributed by atoms with E-state index < -0.39 is 16.2 Å². The van der Waals surface area contributed by atoms with Gasteiger partial charge < -0.3 is 16.0 Å². The van der Waals surface area contributed by atoms with Crippen LogP contribution in [-0.2, 0) is 4.79 Å². The molecule has 1 aliphatic heterocycles. The smallest absolute Gasteiger partial charge is 0.288 e. The Morgan fingerprint density at radius 1 is 1.46 bits per heavy atom. The Kier molecular flexibility index (Phi) is 5.79. The van der Waals surface area contributed by atoms with Crippen molar-refractivity contribution in [2.24, 2.45) is 17.1 Å². The van der Waals surface area contributed by atoms with Gasteiger partial charge in [0, 0.05) is 31.1 Å². The summed E-state index contributed by atoms with van der Waals surface area (Å²) in [6.45, 7) is 7.37. The quantitative estimate of drug-likeness (QED) is 0.601. The van der Waals surface area contributed by atoms with E-state index in [0.29, 0.717) is 25.5 Å². The normalized spacial score (nSPS) is 17.7. The van der Waals surface area contributed by atoms with Crippen LogP contribution in [0, 0.1) is 21.4 Å². The fourth-order valence-corrected chi connectivity index (χ4v) is 2.91. The number of nitro groups is 1. The summed E-state index contributed by atoms with van der Waals surface area (Å²) < 4.78 is 0. The number of rotatable bonds is 5. The number of nitrogens with two attached hydrogens (primary N) is 1. The van der Waals surface area contributed by atoms with Crippen molar-refractivity contribution in [1.82, 2.24) is 10.3 Å². The number of hydrogen-bond donors (Lipinski definition) is 2. The first-order valence-corrected chi connectivity index (χ1v) is 8.57. The van der Waals surface area contributed by atoms with Crippen LogP contribution in [0.5, 0.6) is 0 Å². The molecule has 1 aliphatic rings. The van der Waals surface area contributed by atoms with E-state index in [2.05, 4.69) is 10.3 Å². The highest BCUT2D eigenvalue weighted by molar-refractivity contribution is 5.98. The minimum absolute atomic E-state index is 0.0130. The monoisotopic (exact) mass is 363 g/mol. The number of piperidine rings is 1. The Morgan fingerprint density at radius 2 is 2.15 bits per heavy atom. The molecule has 9 nitrogen and oxygen atoms in total. The second-order valence-electron chi connectivity index (χ2n) is 7.60. The summed E-state index contributed by atoms with van der Waals surface area (Å²) in [5.41, 5.74) is 4.71. The molecule has 0 bridgehead atoms. The van der Waals surface area contributed by atoms with Gasteiger partial charge in [0.2, 0.25) is 5.91 Å². The van der Waals surface area contributed by atoms with Crippen molar-refractivity contribution >= 4 is 23.3 Å². The highest BCUT2D eigenvalue weighted by Gasteiger charge is 2.27. The Hall–Kier alpha value is -2.71. The third kappa shape index (κ3) is 4.68. The molecule has 1 aromatic heterocycles. The zero-order valence-electron chi connectivity index (χ0n) is 15.3. The van der Waals surface area contributed by atoms with Crippen molar-refractivity contribution in [3.63, 3.8) is 0 Å². The van der Waals surface area contributed by atoms with Gasteiger partial charge in [-0.3, -0.25) is 19.7 Å². The van der Waals surface area contributed by atoms with Crippen molar-refractivity contribution in [1.29, 1.82) is 0 Å². The lowest BCUT2D eigenvalue weighted by atomic mass is 9.94. The fraction of sp³-hybridized carbons (Fsp3) is 0.588. The van der Waals surface area contributed by atoms with Crippen molar-refractivity contribution < 1.29 is 14.5 Å². The summed E-state index contributed by atoms with van der Waals surface area (Å²) in [6, 6.07) is 1.16. The lowest BCUT2D eigenvalue weighted by molar-refractivity contribution is -0.385. The lowest BCUT2D eigenvalue weighted by Crippen LogP contribution is -2.44. The van der Waals surface area contributed by atoms with Crippen LogP contribution >= 0.6 is 0 Å². The molecule has 142 valence electrons. The average molecular weight is 363 g/mol. The van der Waals surface area contributed by atoms with Crippen LogP contribution in [0.1, 0.15) is 44.0 Å². The number of carbonyl (C=O) groups is 2. The molecule has 1 saturated heterocycles. The van der Waals surface area contributed by atoms with Gasteiger partial charge in [-0.15, -0.1) is 0 Å². The second kappa shape index (κ2) is 7.67. The largest absolute Gasteiger partial charge is 0.365 e. The minimum atomic E-state index is -0.751. The Labute approximate surface area is 152 Å². The molecule has 2 rings (SSSR count). The highest BCUT2D eigenvalue weighted by atomic mass is 16.6. The molecule has 0 aromatic carbocycles. The SMILES string of the molecule is CC(C)(C)C(=O)NCC1CCCN(c2ncc([N+](=O)[O-])cc2C(N)=O)C1. The maximum absolute atomic E-state index is 12.0. The third-order valence-electron chi connectivity index (χ3n) is 4.38. The molecule has 0 spiro atoms. The van der Waals surface area contributed by atoms with E-state index in [1.165, 1.54) is 0 Å². The van der Waals surface area contributed by atoms with Crippen LogP contribution < -0.4 is 16.0 Å². The molecule has 9 heteroatoms. The van der Waals surface area contributed by atoms with Crippen molar-refractivity contribution in [2.75, 3.05) is 24.5 Å². The molecule has 2 heterocycles. The van der Waals surface area contributed by atoms with Crippen LogP contribution in [0.25, 0.3) is 0 Å². The summed E-state index contributed by atoms with van der Waals surface area (Å²) in [6.07, 6.45) is 2.94. The zero-order valence-corrected chi connectivity index (χ0v) is 15.3. The van der Waals surface area contributed by atoms with Gasteiger partial charge in [-0.2, -0.15) is 0 Å². The van der Waals surface area contributed by atoms with E-state index in [1.807, 2.05) is 25.7 Å². The number of aromatic nitrogens is 1. The number of pyridine rings is 1. The Balaban J connectivity index is 2.13. The van der Waals surface area contributed by atoms with Crippen LogP contribution in [0.15, 0.2) is 12.3 Å². The molecule has 0 aliphatic carbocycles. The van der Waals surface area contributed by atoms with Crippen molar-refractivity contribution in [3.05, 3.63) is 27.9 Å². The van der Waals surface area contributed by atoms with Gasteiger partial charge in [0.25, 0.3) is 11.6 Å². The van der Waals surface area contributed by atoms with Crippen molar-refractivity contribution in [2.45, 2.75) is 33.6 Å². The van der Waals surface area contributed by atoms with E-state index >= 15 is 0 Å². The van der Waals surface area contributed by atoms with Gasteiger partial charge in [0.15, 0.2) is 0 Å². The maximum atomic E-state index is 12.0. The summed E-state index contributed by atoms with van der Waals surface area (Å²) in [7, 11) is 0. The van der Waals surface area contributed by atoms with E-state index in [1.54, 1.807) is 0 Å². The third-order valence-corrected chi connectivity index (χ3v) is 4.38. The number of anilines is 1. The molecule has 3 N–H and O–H groups in total. The molecular formula is C17H25N5O4. The average Bonchev–Trinajstić information content (AvgIpc) is 2.58. The summed E-state index contributed by atoms with van der Waals surface area (Å²) in [5.74, 6) is -0.206. The highest BCUT2D eigenvalue weighted by Crippen LogP contribution is 2.27. The summed E-state index contributed by atoms with van der Waals surface area (Å²) in [4.78, 5) is 40.1. The van der Waals surface area contributed by atoms with E-state index in [9.17, 15) is 19.7 Å². The molecule has 0 radical (unpaired) electrons. The predicted molar refractivity (Wildman–Crippen MR) is 96.8 cm³/mol. The number of nitrogens with zero attached hydrogens (tertiary/aromatic N) is 3. The molecule has 1 aromatic rings. The fourth-order valence-electron chi connectivity index (χ4n) is 2.91. The van der Waals surface area contributed by atoms with Gasteiger partial charge in [0.05, 0.1) is 10.5 Å².